The number of nitrogens with zero attached hydrogens (tertiary/aromatic N) is 1. The third kappa shape index (κ3) is 2.91. The Bertz CT molecular complexity index is 395. The first-order valence-corrected chi connectivity index (χ1v) is 7.42. The Hall–Kier alpha value is -1.26. The van der Waals surface area contributed by atoms with Crippen molar-refractivity contribution in [2.45, 2.75) is 52.6 Å². The van der Waals surface area contributed by atoms with Gasteiger partial charge in [-0.25, -0.2) is 4.79 Å². The SMILES string of the molecule is CCOC(=O)[C@@H]1CN(C(=O)OC(C)(C)C)CC12CCC2. The Balaban J connectivity index is 2.05. The highest BCUT2D eigenvalue weighted by Crippen LogP contribution is 2.52. The van der Waals surface area contributed by atoms with Gasteiger partial charge in [-0.05, 0) is 40.5 Å². The number of carbonyl (C=O) groups excluding carboxylic acids is 2. The fraction of sp³-hybridized carbons (Fsp3) is 0.867. The highest BCUT2D eigenvalue weighted by Gasteiger charge is 2.55. The van der Waals surface area contributed by atoms with E-state index < -0.39 is 5.60 Å². The van der Waals surface area contributed by atoms with Crippen LogP contribution in [0.3, 0.4) is 0 Å². The number of ether oxygens (including phenoxy) is 2. The second kappa shape index (κ2) is 5.26. The first-order valence-electron chi connectivity index (χ1n) is 7.42. The van der Waals surface area contributed by atoms with Gasteiger partial charge in [-0.1, -0.05) is 6.42 Å². The average molecular weight is 283 g/mol. The normalized spacial score (nSPS) is 24.4. The lowest BCUT2D eigenvalue weighted by atomic mass is 9.63. The standard InChI is InChI=1S/C15H25NO4/c1-5-19-12(17)11-9-16(10-15(11)7-6-8-15)13(18)20-14(2,3)4/h11H,5-10H2,1-4H3/t11-/m0/s1. The molecule has 1 saturated carbocycles. The number of carbonyl (C=O) groups is 2. The van der Waals surface area contributed by atoms with Crippen molar-refractivity contribution in [1.82, 2.24) is 4.90 Å². The summed E-state index contributed by atoms with van der Waals surface area (Å²) in [7, 11) is 0. The van der Waals surface area contributed by atoms with Crippen molar-refractivity contribution >= 4 is 12.1 Å². The van der Waals surface area contributed by atoms with E-state index in [1.54, 1.807) is 4.90 Å². The third-order valence-corrected chi connectivity index (χ3v) is 4.22. The molecule has 2 rings (SSSR count). The van der Waals surface area contributed by atoms with Crippen LogP contribution in [0.1, 0.15) is 47.0 Å². The topological polar surface area (TPSA) is 55.8 Å². The number of hydrogen-bond donors (Lipinski definition) is 0. The summed E-state index contributed by atoms with van der Waals surface area (Å²) in [5.41, 5.74) is -0.574. The van der Waals surface area contributed by atoms with E-state index in [9.17, 15) is 9.59 Å². The molecule has 0 aromatic rings. The molecule has 2 aliphatic rings. The molecule has 5 heteroatoms. The molecule has 1 atom stereocenters. The van der Waals surface area contributed by atoms with Crippen LogP contribution in [0, 0.1) is 11.3 Å². The van der Waals surface area contributed by atoms with E-state index in [1.165, 1.54) is 0 Å². The molecule has 2 fully saturated rings. The van der Waals surface area contributed by atoms with Crippen LogP contribution in [0.4, 0.5) is 4.79 Å². The summed E-state index contributed by atoms with van der Waals surface area (Å²) in [5, 5.41) is 0. The molecule has 0 aromatic heterocycles. The largest absolute Gasteiger partial charge is 0.466 e. The van der Waals surface area contributed by atoms with E-state index >= 15 is 0 Å². The minimum atomic E-state index is -0.508. The highest BCUT2D eigenvalue weighted by molar-refractivity contribution is 5.77. The maximum atomic E-state index is 12.2. The Labute approximate surface area is 120 Å². The maximum Gasteiger partial charge on any atom is 0.410 e. The Morgan fingerprint density at radius 1 is 1.30 bits per heavy atom. The van der Waals surface area contributed by atoms with Gasteiger partial charge in [0.15, 0.2) is 0 Å². The van der Waals surface area contributed by atoms with E-state index in [0.717, 1.165) is 19.3 Å². The quantitative estimate of drug-likeness (QED) is 0.731. The number of hydrogen-bond acceptors (Lipinski definition) is 4. The van der Waals surface area contributed by atoms with E-state index in [2.05, 4.69) is 0 Å². The Morgan fingerprint density at radius 2 is 1.95 bits per heavy atom. The van der Waals surface area contributed by atoms with Crippen molar-refractivity contribution in [2.75, 3.05) is 19.7 Å². The van der Waals surface area contributed by atoms with Crippen LogP contribution < -0.4 is 0 Å². The highest BCUT2D eigenvalue weighted by atomic mass is 16.6. The van der Waals surface area contributed by atoms with E-state index in [-0.39, 0.29) is 23.4 Å². The molecule has 20 heavy (non-hydrogen) atoms. The minimum absolute atomic E-state index is 0.0663. The molecule has 1 aliphatic heterocycles. The fourth-order valence-electron chi connectivity index (χ4n) is 3.14. The molecule has 5 nitrogen and oxygen atoms in total. The lowest BCUT2D eigenvalue weighted by Gasteiger charge is -2.41. The van der Waals surface area contributed by atoms with Crippen molar-refractivity contribution in [3.05, 3.63) is 0 Å². The molecule has 1 heterocycles. The molecule has 0 unspecified atom stereocenters. The summed E-state index contributed by atoms with van der Waals surface area (Å²) in [6.07, 6.45) is 2.79. The summed E-state index contributed by atoms with van der Waals surface area (Å²) in [6.45, 7) is 8.79. The van der Waals surface area contributed by atoms with Crippen LogP contribution in [-0.4, -0.2) is 42.3 Å². The van der Waals surface area contributed by atoms with E-state index in [1.807, 2.05) is 27.7 Å². The smallest absolute Gasteiger partial charge is 0.410 e. The van der Waals surface area contributed by atoms with E-state index in [0.29, 0.717) is 19.7 Å². The van der Waals surface area contributed by atoms with Crippen molar-refractivity contribution in [1.29, 1.82) is 0 Å². The molecule has 1 amide bonds. The fourth-order valence-corrected chi connectivity index (χ4v) is 3.14. The molecule has 1 spiro atoms. The van der Waals surface area contributed by atoms with Gasteiger partial charge in [0.25, 0.3) is 0 Å². The summed E-state index contributed by atoms with van der Waals surface area (Å²) < 4.78 is 10.6. The summed E-state index contributed by atoms with van der Waals surface area (Å²) >= 11 is 0. The Morgan fingerprint density at radius 3 is 2.40 bits per heavy atom. The zero-order valence-corrected chi connectivity index (χ0v) is 12.9. The van der Waals surface area contributed by atoms with Gasteiger partial charge in [0.2, 0.25) is 0 Å². The van der Waals surface area contributed by atoms with Gasteiger partial charge in [-0.3, -0.25) is 4.79 Å². The first kappa shape index (κ1) is 15.1. The molecule has 0 bridgehead atoms. The van der Waals surface area contributed by atoms with Crippen LogP contribution in [0.15, 0.2) is 0 Å². The lowest BCUT2D eigenvalue weighted by molar-refractivity contribution is -0.153. The molecule has 0 N–H and O–H groups in total. The van der Waals surface area contributed by atoms with Crippen molar-refractivity contribution in [3.63, 3.8) is 0 Å². The summed E-state index contributed by atoms with van der Waals surface area (Å²) in [6, 6.07) is 0. The summed E-state index contributed by atoms with van der Waals surface area (Å²) in [5.74, 6) is -0.359. The van der Waals surface area contributed by atoms with E-state index in [4.69, 9.17) is 9.47 Å². The zero-order valence-electron chi connectivity index (χ0n) is 12.9. The van der Waals surface area contributed by atoms with Gasteiger partial charge in [0, 0.05) is 18.5 Å². The zero-order chi connectivity index (χ0) is 15.0. The van der Waals surface area contributed by atoms with Gasteiger partial charge in [0.05, 0.1) is 12.5 Å². The number of esters is 1. The predicted octanol–water partition coefficient (Wildman–Crippen LogP) is 2.59. The molecule has 0 radical (unpaired) electrons. The molecular formula is C15H25NO4. The number of amides is 1. The Kier molecular flexibility index (Phi) is 3.98. The maximum absolute atomic E-state index is 12.2. The molecular weight excluding hydrogens is 258 g/mol. The molecule has 0 aromatic carbocycles. The average Bonchev–Trinajstić information content (AvgIpc) is 2.67. The lowest BCUT2D eigenvalue weighted by Crippen LogP contribution is -2.42. The second-order valence-electron chi connectivity index (χ2n) is 6.88. The van der Waals surface area contributed by atoms with Crippen LogP contribution in [-0.2, 0) is 14.3 Å². The van der Waals surface area contributed by atoms with Gasteiger partial charge < -0.3 is 14.4 Å². The van der Waals surface area contributed by atoms with Crippen LogP contribution >= 0.6 is 0 Å². The minimum Gasteiger partial charge on any atom is -0.466 e. The van der Waals surface area contributed by atoms with Crippen LogP contribution in [0.2, 0.25) is 0 Å². The van der Waals surface area contributed by atoms with Gasteiger partial charge >= 0.3 is 12.1 Å². The summed E-state index contributed by atoms with van der Waals surface area (Å²) in [4.78, 5) is 25.9. The third-order valence-electron chi connectivity index (χ3n) is 4.22. The predicted molar refractivity (Wildman–Crippen MR) is 74.2 cm³/mol. The van der Waals surface area contributed by atoms with Crippen LogP contribution in [0.25, 0.3) is 0 Å². The van der Waals surface area contributed by atoms with Gasteiger partial charge in [0.1, 0.15) is 5.60 Å². The van der Waals surface area contributed by atoms with Gasteiger partial charge in [-0.2, -0.15) is 0 Å². The number of likely N-dealkylation sites (tertiary alicyclic amines) is 1. The van der Waals surface area contributed by atoms with Crippen molar-refractivity contribution < 1.29 is 19.1 Å². The molecule has 114 valence electrons. The molecule has 1 aliphatic carbocycles. The van der Waals surface area contributed by atoms with Crippen molar-refractivity contribution in [3.8, 4) is 0 Å². The molecule has 1 saturated heterocycles. The number of rotatable bonds is 2. The van der Waals surface area contributed by atoms with Crippen LogP contribution in [0.5, 0.6) is 0 Å². The van der Waals surface area contributed by atoms with Crippen molar-refractivity contribution in [2.24, 2.45) is 11.3 Å². The first-order chi connectivity index (χ1) is 9.27. The second-order valence-corrected chi connectivity index (χ2v) is 6.88. The monoisotopic (exact) mass is 283 g/mol. The van der Waals surface area contributed by atoms with Gasteiger partial charge in [-0.15, -0.1) is 0 Å².